The van der Waals surface area contributed by atoms with Crippen LogP contribution in [0.1, 0.15) is 25.1 Å². The summed E-state index contributed by atoms with van der Waals surface area (Å²) in [5, 5.41) is 19.7. The number of aromatic nitrogens is 5. The van der Waals surface area contributed by atoms with Crippen LogP contribution in [0.2, 0.25) is 0 Å². The average Bonchev–Trinajstić information content (AvgIpc) is 3.21. The molecule has 0 spiro atoms. The number of hydrogen-bond acceptors (Lipinski definition) is 7. The summed E-state index contributed by atoms with van der Waals surface area (Å²) in [6.07, 6.45) is 4.41. The molecule has 26 heavy (non-hydrogen) atoms. The van der Waals surface area contributed by atoms with Gasteiger partial charge >= 0.3 is 6.01 Å². The van der Waals surface area contributed by atoms with Crippen LogP contribution in [-0.2, 0) is 17.8 Å². The lowest BCUT2D eigenvalue weighted by molar-refractivity contribution is -0.113. The van der Waals surface area contributed by atoms with Crippen LogP contribution >= 0.6 is 11.8 Å². The van der Waals surface area contributed by atoms with Crippen molar-refractivity contribution in [1.82, 2.24) is 25.0 Å². The lowest BCUT2D eigenvalue weighted by atomic mass is 10.2. The van der Waals surface area contributed by atoms with Gasteiger partial charge in [-0.3, -0.25) is 10.1 Å². The summed E-state index contributed by atoms with van der Waals surface area (Å²) in [7, 11) is 0. The minimum Gasteiger partial charge on any atom is -0.403 e. The van der Waals surface area contributed by atoms with Crippen molar-refractivity contribution >= 4 is 23.7 Å². The van der Waals surface area contributed by atoms with Crippen molar-refractivity contribution in [1.29, 1.82) is 0 Å². The van der Waals surface area contributed by atoms with Gasteiger partial charge in [0, 0.05) is 18.5 Å². The molecule has 0 radical (unpaired) electrons. The molecule has 0 saturated heterocycles. The summed E-state index contributed by atoms with van der Waals surface area (Å²) in [6, 6.07) is 9.50. The second-order valence-electron chi connectivity index (χ2n) is 5.98. The van der Waals surface area contributed by atoms with Crippen LogP contribution in [0.4, 0.5) is 6.01 Å². The Balaban J connectivity index is 1.35. The first-order valence-electron chi connectivity index (χ1n) is 8.53. The van der Waals surface area contributed by atoms with E-state index in [4.69, 9.17) is 4.42 Å². The van der Waals surface area contributed by atoms with E-state index in [-0.39, 0.29) is 17.7 Å². The first kappa shape index (κ1) is 16.8. The molecule has 9 heteroatoms. The highest BCUT2D eigenvalue weighted by Crippen LogP contribution is 2.22. The molecule has 0 saturated carbocycles. The molecule has 1 aromatic carbocycles. The predicted octanol–water partition coefficient (Wildman–Crippen LogP) is 2.79. The Morgan fingerprint density at radius 1 is 1.12 bits per heavy atom. The number of carbonyl (C=O) groups excluding carboxylic acids is 1. The molecule has 3 aromatic rings. The maximum atomic E-state index is 12.2. The molecule has 0 fully saturated rings. The molecular formula is C17H18N6O2S. The molecule has 0 aliphatic carbocycles. The quantitative estimate of drug-likeness (QED) is 0.689. The molecule has 8 nitrogen and oxygen atoms in total. The van der Waals surface area contributed by atoms with Crippen molar-refractivity contribution in [2.45, 2.75) is 37.4 Å². The Labute approximate surface area is 154 Å². The Morgan fingerprint density at radius 3 is 2.88 bits per heavy atom. The molecule has 0 atom stereocenters. The van der Waals surface area contributed by atoms with Gasteiger partial charge in [-0.25, -0.2) is 0 Å². The number of fused-ring (bicyclic) bond motifs is 1. The van der Waals surface area contributed by atoms with Crippen molar-refractivity contribution in [3.8, 4) is 11.5 Å². The van der Waals surface area contributed by atoms with E-state index in [0.717, 1.165) is 42.4 Å². The maximum absolute atomic E-state index is 12.2. The Bertz CT molecular complexity index is 892. The minimum atomic E-state index is -0.218. The third kappa shape index (κ3) is 3.77. The number of nitrogens with zero attached hydrogens (tertiary/aromatic N) is 5. The van der Waals surface area contributed by atoms with Crippen molar-refractivity contribution < 1.29 is 9.21 Å². The van der Waals surface area contributed by atoms with Crippen molar-refractivity contribution in [3.05, 3.63) is 36.2 Å². The number of amides is 1. The molecule has 0 unspecified atom stereocenters. The fraction of sp³-hybridized carbons (Fsp3) is 0.353. The van der Waals surface area contributed by atoms with Crippen LogP contribution in [0.5, 0.6) is 0 Å². The molecule has 3 heterocycles. The van der Waals surface area contributed by atoms with Crippen LogP contribution in [0.3, 0.4) is 0 Å². The SMILES string of the molecule is O=C(CSc1nnc2n1CCCCC2)Nc1nnc(-c2ccccc2)o1. The Hall–Kier alpha value is -2.68. The standard InChI is InChI=1S/C17H18N6O2S/c24-14(11-26-17-22-19-13-9-5-2-6-10-23(13)17)18-16-21-20-15(25-16)12-7-3-1-4-8-12/h1,3-4,7-8H,2,5-6,9-11H2,(H,18,21,24). The maximum Gasteiger partial charge on any atom is 0.322 e. The van der Waals surface area contributed by atoms with Crippen LogP contribution in [0.25, 0.3) is 11.5 Å². The van der Waals surface area contributed by atoms with Gasteiger partial charge in [-0.05, 0) is 25.0 Å². The van der Waals surface area contributed by atoms with Crippen molar-refractivity contribution in [2.24, 2.45) is 0 Å². The van der Waals surface area contributed by atoms with Crippen LogP contribution in [-0.4, -0.2) is 36.6 Å². The molecule has 1 aliphatic heterocycles. The van der Waals surface area contributed by atoms with Crippen molar-refractivity contribution in [2.75, 3.05) is 11.1 Å². The van der Waals surface area contributed by atoms with E-state index in [2.05, 4.69) is 30.3 Å². The van der Waals surface area contributed by atoms with E-state index in [1.807, 2.05) is 30.3 Å². The molecule has 2 aromatic heterocycles. The topological polar surface area (TPSA) is 98.7 Å². The van der Waals surface area contributed by atoms with E-state index in [1.54, 1.807) is 0 Å². The number of aryl methyl sites for hydroxylation is 1. The fourth-order valence-corrected chi connectivity index (χ4v) is 3.61. The smallest absolute Gasteiger partial charge is 0.322 e. The molecule has 4 rings (SSSR count). The van der Waals surface area contributed by atoms with Crippen molar-refractivity contribution in [3.63, 3.8) is 0 Å². The predicted molar refractivity (Wildman–Crippen MR) is 96.7 cm³/mol. The molecule has 1 amide bonds. The highest BCUT2D eigenvalue weighted by Gasteiger charge is 2.17. The summed E-state index contributed by atoms with van der Waals surface area (Å²) in [5.74, 6) is 1.37. The summed E-state index contributed by atoms with van der Waals surface area (Å²) in [5.41, 5.74) is 0.807. The van der Waals surface area contributed by atoms with Gasteiger partial charge in [0.2, 0.25) is 11.8 Å². The minimum absolute atomic E-state index is 0.0922. The summed E-state index contributed by atoms with van der Waals surface area (Å²) in [4.78, 5) is 12.2. The number of anilines is 1. The Kier molecular flexibility index (Phi) is 4.96. The van der Waals surface area contributed by atoms with Gasteiger partial charge in [0.1, 0.15) is 5.82 Å². The first-order valence-corrected chi connectivity index (χ1v) is 9.52. The third-order valence-corrected chi connectivity index (χ3v) is 5.07. The molecule has 1 N–H and O–H groups in total. The number of carbonyl (C=O) groups is 1. The Morgan fingerprint density at radius 2 is 2.00 bits per heavy atom. The van der Waals surface area contributed by atoms with E-state index in [0.29, 0.717) is 5.89 Å². The van der Waals surface area contributed by atoms with E-state index in [9.17, 15) is 4.79 Å². The number of nitrogens with one attached hydrogen (secondary N) is 1. The molecule has 134 valence electrons. The fourth-order valence-electron chi connectivity index (χ4n) is 2.82. The molecular weight excluding hydrogens is 352 g/mol. The lowest BCUT2D eigenvalue weighted by Crippen LogP contribution is -2.15. The van der Waals surface area contributed by atoms with Gasteiger partial charge in [0.05, 0.1) is 5.75 Å². The summed E-state index contributed by atoms with van der Waals surface area (Å²) < 4.78 is 7.60. The van der Waals surface area contributed by atoms with E-state index in [1.165, 1.54) is 18.2 Å². The largest absolute Gasteiger partial charge is 0.403 e. The van der Waals surface area contributed by atoms with Gasteiger partial charge in [0.15, 0.2) is 5.16 Å². The monoisotopic (exact) mass is 370 g/mol. The molecule has 0 bridgehead atoms. The first-order chi connectivity index (χ1) is 12.8. The zero-order valence-corrected chi connectivity index (χ0v) is 14.9. The zero-order chi connectivity index (χ0) is 17.8. The van der Waals surface area contributed by atoms with Crippen LogP contribution < -0.4 is 5.32 Å². The second kappa shape index (κ2) is 7.69. The van der Waals surface area contributed by atoms with Crippen LogP contribution in [0, 0.1) is 0 Å². The number of thioether (sulfide) groups is 1. The normalized spacial score (nSPS) is 13.8. The van der Waals surface area contributed by atoms with E-state index >= 15 is 0 Å². The number of rotatable bonds is 5. The number of hydrogen-bond donors (Lipinski definition) is 1. The zero-order valence-electron chi connectivity index (χ0n) is 14.1. The second-order valence-corrected chi connectivity index (χ2v) is 6.92. The summed E-state index contributed by atoms with van der Waals surface area (Å²) in [6.45, 7) is 0.913. The summed E-state index contributed by atoms with van der Waals surface area (Å²) >= 11 is 1.37. The van der Waals surface area contributed by atoms with Crippen LogP contribution in [0.15, 0.2) is 39.9 Å². The molecule has 1 aliphatic rings. The van der Waals surface area contributed by atoms with Gasteiger partial charge in [-0.1, -0.05) is 41.5 Å². The van der Waals surface area contributed by atoms with Gasteiger partial charge in [0.25, 0.3) is 0 Å². The van der Waals surface area contributed by atoms with E-state index < -0.39 is 0 Å². The van der Waals surface area contributed by atoms with Gasteiger partial charge < -0.3 is 8.98 Å². The average molecular weight is 370 g/mol. The highest BCUT2D eigenvalue weighted by atomic mass is 32.2. The van der Waals surface area contributed by atoms with Gasteiger partial charge in [-0.2, -0.15) is 0 Å². The van der Waals surface area contributed by atoms with Gasteiger partial charge in [-0.15, -0.1) is 15.3 Å². The third-order valence-electron chi connectivity index (χ3n) is 4.10. The highest BCUT2D eigenvalue weighted by molar-refractivity contribution is 7.99. The number of benzene rings is 1. The lowest BCUT2D eigenvalue weighted by Gasteiger charge is -2.05.